The van der Waals surface area contributed by atoms with E-state index < -0.39 is 17.3 Å². The van der Waals surface area contributed by atoms with Crippen LogP contribution in [0.2, 0.25) is 0 Å². The molecule has 0 radical (unpaired) electrons. The molecule has 1 heterocycles. The van der Waals surface area contributed by atoms with Crippen molar-refractivity contribution in [2.75, 3.05) is 18.5 Å². The molecule has 116 valence electrons. The Balaban J connectivity index is 2.81. The first-order valence-corrected chi connectivity index (χ1v) is 7.07. The number of aromatic nitrogens is 1. The van der Waals surface area contributed by atoms with Crippen LogP contribution in [0.1, 0.15) is 36.8 Å². The molecule has 0 aliphatic rings. The summed E-state index contributed by atoms with van der Waals surface area (Å²) < 4.78 is 3.96. The number of nitrogens with one attached hydrogen (secondary N) is 1. The van der Waals surface area contributed by atoms with E-state index >= 15 is 0 Å². The molecule has 1 aromatic rings. The molecule has 21 heavy (non-hydrogen) atoms. The Morgan fingerprint density at radius 2 is 1.90 bits per heavy atom. The van der Waals surface area contributed by atoms with Gasteiger partial charge in [-0.3, -0.25) is 9.59 Å². The molecule has 0 saturated carbocycles. The maximum atomic E-state index is 12.1. The van der Waals surface area contributed by atoms with Crippen molar-refractivity contribution < 1.29 is 19.5 Å². The number of carboxylic acid groups (broad SMARTS) is 1. The van der Waals surface area contributed by atoms with E-state index in [2.05, 4.69) is 9.69 Å². The minimum absolute atomic E-state index is 0.0120. The Kier molecular flexibility index (Phi) is 5.06. The fraction of sp³-hybridized carbons (Fsp3) is 0.538. The quantitative estimate of drug-likeness (QED) is 0.872. The number of nitrogens with zero attached hydrogens (tertiary/aromatic N) is 2. The van der Waals surface area contributed by atoms with Gasteiger partial charge in [-0.15, -0.1) is 0 Å². The lowest BCUT2D eigenvalue weighted by Crippen LogP contribution is -2.42. The summed E-state index contributed by atoms with van der Waals surface area (Å²) in [4.78, 5) is 36.2. The van der Waals surface area contributed by atoms with Gasteiger partial charge < -0.3 is 15.3 Å². The van der Waals surface area contributed by atoms with Crippen LogP contribution in [0.4, 0.5) is 5.00 Å². The zero-order valence-electron chi connectivity index (χ0n) is 12.7. The monoisotopic (exact) mass is 313 g/mol. The minimum Gasteiger partial charge on any atom is -0.478 e. The first kappa shape index (κ1) is 17.1. The van der Waals surface area contributed by atoms with E-state index in [1.54, 1.807) is 27.7 Å². The van der Waals surface area contributed by atoms with Gasteiger partial charge in [-0.1, -0.05) is 20.8 Å². The highest BCUT2D eigenvalue weighted by molar-refractivity contribution is 7.11. The fourth-order valence-corrected chi connectivity index (χ4v) is 2.35. The first-order valence-electron chi connectivity index (χ1n) is 6.30. The van der Waals surface area contributed by atoms with Gasteiger partial charge in [0.05, 0.1) is 12.2 Å². The molecular formula is C13H19N3O4S. The van der Waals surface area contributed by atoms with E-state index in [0.29, 0.717) is 5.69 Å². The van der Waals surface area contributed by atoms with E-state index in [1.807, 2.05) is 0 Å². The summed E-state index contributed by atoms with van der Waals surface area (Å²) in [5, 5.41) is 11.9. The minimum atomic E-state index is -1.13. The maximum Gasteiger partial charge on any atom is 0.340 e. The van der Waals surface area contributed by atoms with Crippen LogP contribution in [0.25, 0.3) is 0 Å². The van der Waals surface area contributed by atoms with Gasteiger partial charge in [0, 0.05) is 12.5 Å². The van der Waals surface area contributed by atoms with Gasteiger partial charge in [-0.05, 0) is 18.5 Å². The number of hydrogen-bond acceptors (Lipinski definition) is 5. The van der Waals surface area contributed by atoms with Crippen LogP contribution in [0.5, 0.6) is 0 Å². The molecule has 2 N–H and O–H groups in total. The number of aromatic carboxylic acids is 1. The van der Waals surface area contributed by atoms with Gasteiger partial charge in [0.25, 0.3) is 0 Å². The lowest BCUT2D eigenvalue weighted by molar-refractivity contribution is -0.130. The van der Waals surface area contributed by atoms with Crippen LogP contribution in [-0.2, 0) is 9.59 Å². The Labute approximate surface area is 127 Å². The average Bonchev–Trinajstić information content (AvgIpc) is 2.75. The summed E-state index contributed by atoms with van der Waals surface area (Å²) in [6.45, 7) is 6.61. The third kappa shape index (κ3) is 4.01. The Bertz CT molecular complexity index is 574. The summed E-state index contributed by atoms with van der Waals surface area (Å²) in [7, 11) is 1.46. The van der Waals surface area contributed by atoms with Crippen molar-refractivity contribution in [3.63, 3.8) is 0 Å². The van der Waals surface area contributed by atoms with Crippen LogP contribution in [0.15, 0.2) is 0 Å². The number of amides is 2. The molecular weight excluding hydrogens is 294 g/mol. The van der Waals surface area contributed by atoms with Crippen molar-refractivity contribution in [1.82, 2.24) is 9.69 Å². The average molecular weight is 313 g/mol. The van der Waals surface area contributed by atoms with Crippen molar-refractivity contribution in [3.05, 3.63) is 11.3 Å². The first-order chi connectivity index (χ1) is 9.55. The van der Waals surface area contributed by atoms with E-state index in [9.17, 15) is 14.4 Å². The van der Waals surface area contributed by atoms with Crippen molar-refractivity contribution >= 4 is 34.3 Å². The van der Waals surface area contributed by atoms with E-state index in [-0.39, 0.29) is 23.0 Å². The Hall–Kier alpha value is -1.96. The van der Waals surface area contributed by atoms with Gasteiger partial charge in [0.2, 0.25) is 11.8 Å². The number of carbonyl (C=O) groups is 3. The molecule has 0 unspecified atom stereocenters. The Morgan fingerprint density at radius 1 is 1.33 bits per heavy atom. The summed E-state index contributed by atoms with van der Waals surface area (Å²) >= 11 is 0.942. The van der Waals surface area contributed by atoms with Gasteiger partial charge in [-0.2, -0.15) is 4.37 Å². The number of anilines is 1. The second-order valence-electron chi connectivity index (χ2n) is 5.64. The van der Waals surface area contributed by atoms with Gasteiger partial charge in [0.15, 0.2) is 0 Å². The van der Waals surface area contributed by atoms with E-state index in [1.165, 1.54) is 11.9 Å². The number of hydrogen-bond donors (Lipinski definition) is 2. The number of aryl methyl sites for hydroxylation is 1. The largest absolute Gasteiger partial charge is 0.478 e. The van der Waals surface area contributed by atoms with Crippen LogP contribution < -0.4 is 10.2 Å². The standard InChI is InChI=1S/C13H19N3O4S/c1-7-9(11(18)19)10(21-15-7)16(5)8(17)6-14-12(20)13(2,3)4/h6H2,1-5H3,(H,14,20)(H,18,19). The zero-order valence-corrected chi connectivity index (χ0v) is 13.5. The lowest BCUT2D eigenvalue weighted by Gasteiger charge is -2.20. The van der Waals surface area contributed by atoms with Crippen LogP contribution in [0, 0.1) is 12.3 Å². The second kappa shape index (κ2) is 6.21. The van der Waals surface area contributed by atoms with Crippen molar-refractivity contribution in [3.8, 4) is 0 Å². The molecule has 0 atom stereocenters. The van der Waals surface area contributed by atoms with Crippen molar-refractivity contribution in [2.24, 2.45) is 5.41 Å². The molecule has 0 aromatic carbocycles. The van der Waals surface area contributed by atoms with E-state index in [4.69, 9.17) is 5.11 Å². The lowest BCUT2D eigenvalue weighted by atomic mass is 9.96. The molecule has 0 aliphatic carbocycles. The predicted octanol–water partition coefficient (Wildman–Crippen LogP) is 1.27. The maximum absolute atomic E-state index is 12.1. The molecule has 8 heteroatoms. The number of carboxylic acids is 1. The normalized spacial score (nSPS) is 11.1. The predicted molar refractivity (Wildman–Crippen MR) is 79.7 cm³/mol. The molecule has 0 fully saturated rings. The molecule has 0 saturated heterocycles. The smallest absolute Gasteiger partial charge is 0.340 e. The van der Waals surface area contributed by atoms with Gasteiger partial charge >= 0.3 is 5.97 Å². The topological polar surface area (TPSA) is 99.6 Å². The zero-order chi connectivity index (χ0) is 16.4. The highest BCUT2D eigenvalue weighted by Crippen LogP contribution is 2.27. The highest BCUT2D eigenvalue weighted by atomic mass is 32.1. The second-order valence-corrected chi connectivity index (χ2v) is 6.39. The molecule has 7 nitrogen and oxygen atoms in total. The van der Waals surface area contributed by atoms with E-state index in [0.717, 1.165) is 11.5 Å². The summed E-state index contributed by atoms with van der Waals surface area (Å²) in [5.74, 6) is -1.78. The molecule has 0 bridgehead atoms. The molecule has 0 aliphatic heterocycles. The molecule has 0 spiro atoms. The third-order valence-electron chi connectivity index (χ3n) is 2.82. The summed E-state index contributed by atoms with van der Waals surface area (Å²) in [5.41, 5.74) is -0.217. The third-order valence-corrected chi connectivity index (χ3v) is 3.83. The number of rotatable bonds is 4. The van der Waals surface area contributed by atoms with Crippen LogP contribution in [-0.4, -0.2) is 40.9 Å². The number of carbonyl (C=O) groups excluding carboxylic acids is 2. The summed E-state index contributed by atoms with van der Waals surface area (Å²) in [6, 6.07) is 0. The van der Waals surface area contributed by atoms with Crippen LogP contribution >= 0.6 is 11.5 Å². The fourth-order valence-electron chi connectivity index (χ4n) is 1.49. The van der Waals surface area contributed by atoms with Gasteiger partial charge in [-0.25, -0.2) is 4.79 Å². The van der Waals surface area contributed by atoms with Crippen LogP contribution in [0.3, 0.4) is 0 Å². The highest BCUT2D eigenvalue weighted by Gasteiger charge is 2.26. The molecule has 1 aromatic heterocycles. The van der Waals surface area contributed by atoms with Gasteiger partial charge in [0.1, 0.15) is 10.6 Å². The molecule has 2 amide bonds. The van der Waals surface area contributed by atoms with Crippen molar-refractivity contribution in [1.29, 1.82) is 0 Å². The number of likely N-dealkylation sites (N-methyl/N-ethyl adjacent to an activating group) is 1. The Morgan fingerprint density at radius 3 is 2.38 bits per heavy atom. The summed E-state index contributed by atoms with van der Waals surface area (Å²) in [6.07, 6.45) is 0. The SMILES string of the molecule is Cc1nsc(N(C)C(=O)CNC(=O)C(C)(C)C)c1C(=O)O. The van der Waals surface area contributed by atoms with Crippen molar-refractivity contribution in [2.45, 2.75) is 27.7 Å². The molecule has 1 rings (SSSR count).